The van der Waals surface area contributed by atoms with Crippen LogP contribution in [0.15, 0.2) is 0 Å². The molecule has 6 nitrogen and oxygen atoms in total. The normalized spacial score (nSPS) is 13.3. The Bertz CT molecular complexity index is 119. The van der Waals surface area contributed by atoms with Crippen LogP contribution in [-0.4, -0.2) is 17.6 Å². The zero-order chi connectivity index (χ0) is 9.28. The third kappa shape index (κ3) is 30.0. The average molecular weight is 425 g/mol. The first-order valence-electron chi connectivity index (χ1n) is 2.31. The summed E-state index contributed by atoms with van der Waals surface area (Å²) in [5.41, 5.74) is 0. The van der Waals surface area contributed by atoms with E-state index < -0.39 is 16.5 Å². The summed E-state index contributed by atoms with van der Waals surface area (Å²) < 4.78 is 21.8. The van der Waals surface area contributed by atoms with Gasteiger partial charge >= 0.3 is 27.7 Å². The summed E-state index contributed by atoms with van der Waals surface area (Å²) in [7, 11) is -7.03. The Morgan fingerprint density at radius 2 is 1.58 bits per heavy atom. The van der Waals surface area contributed by atoms with Crippen LogP contribution >= 0.6 is 28.1 Å². The van der Waals surface area contributed by atoms with Gasteiger partial charge in [0.2, 0.25) is 0 Å². The summed E-state index contributed by atoms with van der Waals surface area (Å²) in [6.07, 6.45) is 0. The second-order valence-corrected chi connectivity index (χ2v) is 3.21. The molecule has 0 spiro atoms. The maximum absolute atomic E-state index is 9.29. The molecule has 0 aromatic rings. The van der Waals surface area contributed by atoms with Crippen molar-refractivity contribution in [2.45, 2.75) is 0 Å². The molecule has 0 aromatic heterocycles. The molecule has 0 amide bonds. The van der Waals surface area contributed by atoms with Gasteiger partial charge in [-0.05, 0) is 0 Å². The molecule has 2 atom stereocenters. The van der Waals surface area contributed by atoms with Gasteiger partial charge in [0.05, 0.1) is 6.61 Å². The van der Waals surface area contributed by atoms with E-state index in [9.17, 15) is 18.9 Å². The molecule has 10 heteroatoms. The summed E-state index contributed by atoms with van der Waals surface area (Å²) in [5.74, 6) is 0.347. The third-order valence-electron chi connectivity index (χ3n) is 0.251. The maximum atomic E-state index is 9.29. The molecule has 0 aliphatic carbocycles. The van der Waals surface area contributed by atoms with Crippen molar-refractivity contribution in [3.05, 3.63) is 0 Å². The molecule has 0 rings (SSSR count). The number of hydrogen-bond donors (Lipinski definition) is 1. The molecular formula is C2H7ClHgO6P2. The van der Waals surface area contributed by atoms with Crippen LogP contribution in [-0.2, 0) is 41.1 Å². The molecule has 0 heterocycles. The van der Waals surface area contributed by atoms with Gasteiger partial charge in [-0.1, -0.05) is 0 Å². The van der Waals surface area contributed by atoms with Crippen molar-refractivity contribution in [2.24, 2.45) is 0 Å². The van der Waals surface area contributed by atoms with Gasteiger partial charge in [-0.3, -0.25) is 4.31 Å². The fourth-order valence-electron chi connectivity index (χ4n) is 0.0680. The molecule has 0 saturated carbocycles. The van der Waals surface area contributed by atoms with Gasteiger partial charge in [0.15, 0.2) is 0 Å². The van der Waals surface area contributed by atoms with E-state index in [1.807, 2.05) is 0 Å². The minimum absolute atomic E-state index is 0. The fraction of sp³-hybridized carbons (Fsp3) is 1.00. The summed E-state index contributed by atoms with van der Waals surface area (Å²) in [6.45, 7) is 0.0849. The number of aliphatic hydroxyl groups is 1. The first kappa shape index (κ1) is 19.2. The molecule has 70 valence electrons. The van der Waals surface area contributed by atoms with Crippen LogP contribution < -0.4 is 9.79 Å². The quantitative estimate of drug-likeness (QED) is 0.343. The molecular weight excluding hydrogens is 418 g/mol. The van der Waals surface area contributed by atoms with Crippen molar-refractivity contribution >= 4 is 28.1 Å². The largest absolute Gasteiger partial charge is 2.00 e. The van der Waals surface area contributed by atoms with Crippen LogP contribution in [0.1, 0.15) is 0 Å². The monoisotopic (exact) mass is 426 g/mol. The van der Waals surface area contributed by atoms with Crippen LogP contribution in [0.3, 0.4) is 0 Å². The zero-order valence-electron chi connectivity index (χ0n) is 5.99. The van der Waals surface area contributed by atoms with Crippen molar-refractivity contribution in [3.8, 4) is 0 Å². The fourth-order valence-corrected chi connectivity index (χ4v) is 0.612. The average Bonchev–Trinajstić information content (AvgIpc) is 1.85. The summed E-state index contributed by atoms with van der Waals surface area (Å²) in [4.78, 5) is 18.6. The number of hydrogen-bond acceptors (Lipinski definition) is 6. The molecule has 0 bridgehead atoms. The molecule has 0 saturated heterocycles. The summed E-state index contributed by atoms with van der Waals surface area (Å²) in [5, 5.41) is 7.74. The Balaban J connectivity index is -0.000000142. The van der Waals surface area contributed by atoms with E-state index in [0.717, 1.165) is 0 Å². The van der Waals surface area contributed by atoms with Crippen molar-refractivity contribution in [1.29, 1.82) is 0 Å². The first-order chi connectivity index (χ1) is 5.04. The predicted molar refractivity (Wildman–Crippen MR) is 36.9 cm³/mol. The Hall–Kier alpha value is 1.53. The second kappa shape index (κ2) is 15.0. The van der Waals surface area contributed by atoms with Gasteiger partial charge in [0.1, 0.15) is 16.5 Å². The van der Waals surface area contributed by atoms with Crippen molar-refractivity contribution in [1.82, 2.24) is 0 Å². The third-order valence-corrected chi connectivity index (χ3v) is 1.75. The summed E-state index contributed by atoms with van der Waals surface area (Å²) in [6, 6.07) is 0. The SMILES string of the molecule is O=[PH]([O-])O[PH](=O)[O-].OCCCl.[Hg+2]. The minimum atomic E-state index is -3.51. The Morgan fingerprint density at radius 3 is 1.58 bits per heavy atom. The predicted octanol–water partition coefficient (Wildman–Crippen LogP) is -1.28. The second-order valence-electron chi connectivity index (χ2n) is 1.01. The van der Waals surface area contributed by atoms with Crippen LogP contribution in [0.25, 0.3) is 0 Å². The number of halogens is 1. The van der Waals surface area contributed by atoms with Gasteiger partial charge in [-0.15, -0.1) is 11.6 Å². The van der Waals surface area contributed by atoms with Crippen LogP contribution in [0.4, 0.5) is 0 Å². The molecule has 2 unspecified atom stereocenters. The number of alkyl halides is 1. The molecule has 12 heavy (non-hydrogen) atoms. The Labute approximate surface area is 96.3 Å². The van der Waals surface area contributed by atoms with Crippen LogP contribution in [0, 0.1) is 0 Å². The van der Waals surface area contributed by atoms with Gasteiger partial charge in [-0.25, -0.2) is 0 Å². The maximum Gasteiger partial charge on any atom is 2.00 e. The molecule has 0 aliphatic rings. The smallest absolute Gasteiger partial charge is 0.781 e. The van der Waals surface area contributed by atoms with E-state index in [0.29, 0.717) is 5.88 Å². The van der Waals surface area contributed by atoms with Crippen molar-refractivity contribution in [2.75, 3.05) is 12.5 Å². The molecule has 1 N–H and O–H groups in total. The summed E-state index contributed by atoms with van der Waals surface area (Å²) >= 11 is 4.94. The van der Waals surface area contributed by atoms with Gasteiger partial charge in [0.25, 0.3) is 0 Å². The van der Waals surface area contributed by atoms with Gasteiger partial charge in [-0.2, -0.15) is 0 Å². The van der Waals surface area contributed by atoms with E-state index in [-0.39, 0.29) is 34.3 Å². The zero-order valence-corrected chi connectivity index (χ0v) is 14.2. The van der Waals surface area contributed by atoms with Gasteiger partial charge < -0.3 is 24.0 Å². The molecule has 0 aliphatic heterocycles. The topological polar surface area (TPSA) is 110 Å². The van der Waals surface area contributed by atoms with E-state index in [1.54, 1.807) is 0 Å². The first-order valence-corrected chi connectivity index (χ1v) is 5.29. The Kier molecular flexibility index (Phi) is 24.0. The van der Waals surface area contributed by atoms with E-state index in [2.05, 4.69) is 4.31 Å². The molecule has 0 fully saturated rings. The van der Waals surface area contributed by atoms with E-state index >= 15 is 0 Å². The number of aliphatic hydroxyl groups excluding tert-OH is 1. The van der Waals surface area contributed by atoms with Crippen LogP contribution in [0.2, 0.25) is 0 Å². The van der Waals surface area contributed by atoms with Crippen LogP contribution in [0.5, 0.6) is 0 Å². The van der Waals surface area contributed by atoms with Crippen molar-refractivity contribution < 1.29 is 56.0 Å². The van der Waals surface area contributed by atoms with Gasteiger partial charge in [0, 0.05) is 5.88 Å². The molecule has 0 aromatic carbocycles. The van der Waals surface area contributed by atoms with Crippen molar-refractivity contribution in [3.63, 3.8) is 0 Å². The van der Waals surface area contributed by atoms with E-state index in [1.165, 1.54) is 0 Å². The molecule has 0 radical (unpaired) electrons. The number of rotatable bonds is 3. The minimum Gasteiger partial charge on any atom is -0.781 e. The standard InChI is InChI=1S/C2H5ClO.Hg.H4O5P2/c3-1-2-4;;1-6(2)5-7(3)4/h4H,1-2H2;;6-7H,(H,1,2)(H,3,4)/q;+2;/p-2. The van der Waals surface area contributed by atoms with E-state index in [4.69, 9.17) is 16.7 Å². The Morgan fingerprint density at radius 1 is 1.33 bits per heavy atom.